The minimum absolute atomic E-state index is 0.193. The van der Waals surface area contributed by atoms with Crippen LogP contribution in [0.15, 0.2) is 12.1 Å². The summed E-state index contributed by atoms with van der Waals surface area (Å²) < 4.78 is 15.9. The highest BCUT2D eigenvalue weighted by Crippen LogP contribution is 2.24. The molecule has 0 atom stereocenters. The van der Waals surface area contributed by atoms with Crippen molar-refractivity contribution in [1.29, 1.82) is 0 Å². The number of halogens is 1. The van der Waals surface area contributed by atoms with Crippen LogP contribution in [0, 0.1) is 3.70 Å². The number of hydrogen-bond acceptors (Lipinski definition) is 4. The van der Waals surface area contributed by atoms with E-state index in [0.29, 0.717) is 11.6 Å². The van der Waals surface area contributed by atoms with Crippen molar-refractivity contribution in [1.82, 2.24) is 4.98 Å². The van der Waals surface area contributed by atoms with Gasteiger partial charge in [0.05, 0.1) is 7.11 Å². The van der Waals surface area contributed by atoms with E-state index in [2.05, 4.69) is 27.6 Å². The van der Waals surface area contributed by atoms with Gasteiger partial charge in [-0.2, -0.15) is 0 Å². The topological polar surface area (TPSA) is 40.6 Å². The van der Waals surface area contributed by atoms with Gasteiger partial charge in [-0.05, 0) is 34.7 Å². The van der Waals surface area contributed by atoms with Crippen LogP contribution in [-0.4, -0.2) is 26.0 Å². The fraction of sp³-hybridized carbons (Fsp3) is 0.375. The fourth-order valence-corrected chi connectivity index (χ4v) is 1.18. The molecule has 0 aliphatic heterocycles. The first-order valence-corrected chi connectivity index (χ1v) is 4.68. The Morgan fingerprint density at radius 2 is 2.15 bits per heavy atom. The SMILES string of the molecule is COCOc1ccc(I)nc1OC. The van der Waals surface area contributed by atoms with Crippen LogP contribution < -0.4 is 9.47 Å². The number of ether oxygens (including phenoxy) is 3. The Bertz CT molecular complexity index is 280. The van der Waals surface area contributed by atoms with Gasteiger partial charge in [0, 0.05) is 7.11 Å². The molecule has 5 heteroatoms. The summed E-state index contributed by atoms with van der Waals surface area (Å²) in [5, 5.41) is 0. The lowest BCUT2D eigenvalue weighted by molar-refractivity contribution is 0.0486. The number of methoxy groups -OCH3 is 2. The van der Waals surface area contributed by atoms with E-state index in [-0.39, 0.29) is 6.79 Å². The Labute approximate surface area is 90.3 Å². The van der Waals surface area contributed by atoms with Crippen LogP contribution in [0.25, 0.3) is 0 Å². The molecule has 1 rings (SSSR count). The van der Waals surface area contributed by atoms with E-state index >= 15 is 0 Å². The Kier molecular flexibility index (Phi) is 4.23. The molecule has 1 aromatic heterocycles. The summed E-state index contributed by atoms with van der Waals surface area (Å²) >= 11 is 2.11. The highest BCUT2D eigenvalue weighted by Gasteiger charge is 2.05. The zero-order valence-electron chi connectivity index (χ0n) is 7.41. The molecule has 0 unspecified atom stereocenters. The number of aromatic nitrogens is 1. The second-order valence-corrected chi connectivity index (χ2v) is 3.30. The molecule has 0 spiro atoms. The molecule has 0 saturated heterocycles. The van der Waals surface area contributed by atoms with Crippen molar-refractivity contribution in [2.24, 2.45) is 0 Å². The molecule has 0 radical (unpaired) electrons. The van der Waals surface area contributed by atoms with Gasteiger partial charge in [0.25, 0.3) is 5.88 Å². The zero-order valence-corrected chi connectivity index (χ0v) is 9.57. The molecule has 1 heterocycles. The van der Waals surface area contributed by atoms with E-state index in [0.717, 1.165) is 3.70 Å². The molecule has 0 N–H and O–H groups in total. The van der Waals surface area contributed by atoms with Crippen molar-refractivity contribution >= 4 is 22.6 Å². The van der Waals surface area contributed by atoms with E-state index in [1.807, 2.05) is 6.07 Å². The lowest BCUT2D eigenvalue weighted by Crippen LogP contribution is -2.02. The van der Waals surface area contributed by atoms with Gasteiger partial charge in [-0.25, -0.2) is 4.98 Å². The molecule has 0 aromatic carbocycles. The van der Waals surface area contributed by atoms with Crippen molar-refractivity contribution in [3.8, 4) is 11.6 Å². The van der Waals surface area contributed by atoms with Gasteiger partial charge in [0.1, 0.15) is 3.70 Å². The monoisotopic (exact) mass is 295 g/mol. The normalized spacial score (nSPS) is 9.77. The van der Waals surface area contributed by atoms with Crippen LogP contribution in [-0.2, 0) is 4.74 Å². The van der Waals surface area contributed by atoms with Gasteiger partial charge in [0.2, 0.25) is 0 Å². The van der Waals surface area contributed by atoms with Crippen LogP contribution in [0.1, 0.15) is 0 Å². The van der Waals surface area contributed by atoms with Crippen LogP contribution in [0.3, 0.4) is 0 Å². The van der Waals surface area contributed by atoms with Gasteiger partial charge in [0.15, 0.2) is 12.5 Å². The maximum absolute atomic E-state index is 5.22. The van der Waals surface area contributed by atoms with Gasteiger partial charge in [-0.15, -0.1) is 0 Å². The Hall–Kier alpha value is -0.560. The number of nitrogens with zero attached hydrogens (tertiary/aromatic N) is 1. The lowest BCUT2D eigenvalue weighted by atomic mass is 10.4. The van der Waals surface area contributed by atoms with E-state index in [9.17, 15) is 0 Å². The van der Waals surface area contributed by atoms with Crippen molar-refractivity contribution in [3.05, 3.63) is 15.8 Å². The summed E-state index contributed by atoms with van der Waals surface area (Å²) in [6.45, 7) is 0.193. The van der Waals surface area contributed by atoms with Gasteiger partial charge < -0.3 is 14.2 Å². The van der Waals surface area contributed by atoms with E-state index in [1.54, 1.807) is 20.3 Å². The third kappa shape index (κ3) is 3.00. The quantitative estimate of drug-likeness (QED) is 0.481. The summed E-state index contributed by atoms with van der Waals surface area (Å²) in [6, 6.07) is 3.64. The Morgan fingerprint density at radius 3 is 2.77 bits per heavy atom. The second kappa shape index (κ2) is 5.23. The summed E-state index contributed by atoms with van der Waals surface area (Å²) in [4.78, 5) is 4.13. The van der Waals surface area contributed by atoms with E-state index in [4.69, 9.17) is 14.2 Å². The summed E-state index contributed by atoms with van der Waals surface area (Å²) in [5.74, 6) is 1.06. The summed E-state index contributed by atoms with van der Waals surface area (Å²) in [6.07, 6.45) is 0. The average Bonchev–Trinajstić information content (AvgIpc) is 2.16. The zero-order chi connectivity index (χ0) is 9.68. The molecule has 0 aliphatic carbocycles. The minimum atomic E-state index is 0.193. The maximum atomic E-state index is 5.22. The first-order chi connectivity index (χ1) is 6.27. The Morgan fingerprint density at radius 1 is 1.38 bits per heavy atom. The molecule has 13 heavy (non-hydrogen) atoms. The smallest absolute Gasteiger partial charge is 0.257 e. The van der Waals surface area contributed by atoms with Crippen LogP contribution >= 0.6 is 22.6 Å². The molecule has 0 saturated carbocycles. The second-order valence-electron chi connectivity index (χ2n) is 2.19. The third-order valence-corrected chi connectivity index (χ3v) is 1.92. The van der Waals surface area contributed by atoms with Crippen molar-refractivity contribution in [2.45, 2.75) is 0 Å². The van der Waals surface area contributed by atoms with Gasteiger partial charge in [-0.3, -0.25) is 0 Å². The average molecular weight is 295 g/mol. The molecular formula is C8H10INO3. The fourth-order valence-electron chi connectivity index (χ4n) is 0.784. The highest BCUT2D eigenvalue weighted by atomic mass is 127. The number of rotatable bonds is 4. The van der Waals surface area contributed by atoms with E-state index in [1.165, 1.54) is 0 Å². The molecule has 0 aliphatic rings. The van der Waals surface area contributed by atoms with Crippen molar-refractivity contribution < 1.29 is 14.2 Å². The summed E-state index contributed by atoms with van der Waals surface area (Å²) in [7, 11) is 3.12. The molecule has 0 fully saturated rings. The van der Waals surface area contributed by atoms with Crippen LogP contribution in [0.4, 0.5) is 0 Å². The number of hydrogen-bond donors (Lipinski definition) is 0. The molecule has 0 bridgehead atoms. The first kappa shape index (κ1) is 10.5. The maximum Gasteiger partial charge on any atom is 0.257 e. The number of pyridine rings is 1. The Balaban J connectivity index is 2.79. The lowest BCUT2D eigenvalue weighted by Gasteiger charge is -2.08. The molecule has 72 valence electrons. The first-order valence-electron chi connectivity index (χ1n) is 3.60. The van der Waals surface area contributed by atoms with Crippen LogP contribution in [0.5, 0.6) is 11.6 Å². The van der Waals surface area contributed by atoms with E-state index < -0.39 is 0 Å². The standard InChI is InChI=1S/C8H10INO3/c1-11-5-13-6-3-4-7(9)10-8(6)12-2/h3-4H,5H2,1-2H3. The summed E-state index contributed by atoms with van der Waals surface area (Å²) in [5.41, 5.74) is 0. The molecule has 1 aromatic rings. The molecule has 4 nitrogen and oxygen atoms in total. The molecular weight excluding hydrogens is 285 g/mol. The van der Waals surface area contributed by atoms with Gasteiger partial charge >= 0.3 is 0 Å². The highest BCUT2D eigenvalue weighted by molar-refractivity contribution is 14.1. The molecule has 0 amide bonds. The van der Waals surface area contributed by atoms with Crippen molar-refractivity contribution in [3.63, 3.8) is 0 Å². The largest absolute Gasteiger partial charge is 0.478 e. The predicted octanol–water partition coefficient (Wildman–Crippen LogP) is 1.68. The minimum Gasteiger partial charge on any atom is -0.478 e. The van der Waals surface area contributed by atoms with Crippen molar-refractivity contribution in [2.75, 3.05) is 21.0 Å². The van der Waals surface area contributed by atoms with Crippen LogP contribution in [0.2, 0.25) is 0 Å². The predicted molar refractivity (Wildman–Crippen MR) is 56.0 cm³/mol. The third-order valence-electron chi connectivity index (χ3n) is 1.32. The van der Waals surface area contributed by atoms with Gasteiger partial charge in [-0.1, -0.05) is 0 Å².